The van der Waals surface area contributed by atoms with Gasteiger partial charge in [0.15, 0.2) is 17.5 Å². The second-order valence-electron chi connectivity index (χ2n) is 13.4. The van der Waals surface area contributed by atoms with Crippen LogP contribution in [0.4, 0.5) is 0 Å². The molecule has 2 aromatic heterocycles. The van der Waals surface area contributed by atoms with Crippen molar-refractivity contribution < 1.29 is 4.42 Å². The number of hydrogen-bond donors (Lipinski definition) is 0. The fourth-order valence-corrected chi connectivity index (χ4v) is 8.54. The molecule has 0 amide bonds. The molecule has 1 fully saturated rings. The van der Waals surface area contributed by atoms with Gasteiger partial charge in [0.2, 0.25) is 0 Å². The molecular weight excluding hydrogens is 599 g/mol. The minimum atomic E-state index is 0.0881. The number of benzene rings is 6. The Balaban J connectivity index is 1.11. The van der Waals surface area contributed by atoms with Crippen molar-refractivity contribution in [2.45, 2.75) is 37.5 Å². The lowest BCUT2D eigenvalue weighted by atomic mass is 9.66. The van der Waals surface area contributed by atoms with Gasteiger partial charge in [-0.15, -0.1) is 0 Å². The van der Waals surface area contributed by atoms with Gasteiger partial charge in [-0.05, 0) is 58.4 Å². The van der Waals surface area contributed by atoms with E-state index in [0.717, 1.165) is 38.6 Å². The van der Waals surface area contributed by atoms with Gasteiger partial charge in [0.05, 0.1) is 5.56 Å². The van der Waals surface area contributed by atoms with E-state index >= 15 is 0 Å². The van der Waals surface area contributed by atoms with E-state index in [1.165, 1.54) is 65.5 Å². The molecule has 2 aliphatic rings. The molecule has 49 heavy (non-hydrogen) atoms. The molecule has 0 atom stereocenters. The van der Waals surface area contributed by atoms with Crippen molar-refractivity contribution in [1.29, 1.82) is 0 Å². The lowest BCUT2D eigenvalue weighted by Crippen LogP contribution is -2.28. The zero-order valence-corrected chi connectivity index (χ0v) is 27.1. The number of nitrogens with zero attached hydrogens (tertiary/aromatic N) is 3. The van der Waals surface area contributed by atoms with Crippen LogP contribution in [0.2, 0.25) is 0 Å². The summed E-state index contributed by atoms with van der Waals surface area (Å²) in [6, 6.07) is 49.3. The molecule has 10 rings (SSSR count). The highest BCUT2D eigenvalue weighted by Crippen LogP contribution is 2.58. The first-order valence-electron chi connectivity index (χ1n) is 17.3. The Morgan fingerprint density at radius 2 is 1.02 bits per heavy atom. The maximum atomic E-state index is 6.40. The molecule has 6 aromatic carbocycles. The van der Waals surface area contributed by atoms with Gasteiger partial charge in [0.25, 0.3) is 0 Å². The quantitative estimate of drug-likeness (QED) is 0.194. The van der Waals surface area contributed by atoms with Crippen LogP contribution in [0, 0.1) is 0 Å². The first-order chi connectivity index (χ1) is 24.3. The number of furan rings is 1. The van der Waals surface area contributed by atoms with Crippen molar-refractivity contribution in [3.8, 4) is 56.4 Å². The summed E-state index contributed by atoms with van der Waals surface area (Å²) in [6.45, 7) is 0. The van der Waals surface area contributed by atoms with Crippen LogP contribution >= 0.6 is 0 Å². The average molecular weight is 632 g/mol. The van der Waals surface area contributed by atoms with Crippen LogP contribution in [-0.2, 0) is 5.41 Å². The molecule has 4 nitrogen and oxygen atoms in total. The molecule has 1 spiro atoms. The maximum absolute atomic E-state index is 6.40. The third-order valence-corrected chi connectivity index (χ3v) is 10.7. The van der Waals surface area contributed by atoms with Crippen molar-refractivity contribution in [3.05, 3.63) is 151 Å². The van der Waals surface area contributed by atoms with Crippen LogP contribution in [0.3, 0.4) is 0 Å². The van der Waals surface area contributed by atoms with Gasteiger partial charge in [-0.3, -0.25) is 0 Å². The van der Waals surface area contributed by atoms with Crippen LogP contribution < -0.4 is 0 Å². The summed E-state index contributed by atoms with van der Waals surface area (Å²) in [5.41, 5.74) is 12.8. The third kappa shape index (κ3) is 4.40. The van der Waals surface area contributed by atoms with E-state index in [1.54, 1.807) is 0 Å². The van der Waals surface area contributed by atoms with Gasteiger partial charge in [-0.25, -0.2) is 15.0 Å². The Bertz CT molecular complexity index is 2520. The van der Waals surface area contributed by atoms with Gasteiger partial charge >= 0.3 is 0 Å². The lowest BCUT2D eigenvalue weighted by molar-refractivity contribution is 0.353. The Morgan fingerprint density at radius 3 is 1.86 bits per heavy atom. The zero-order valence-electron chi connectivity index (χ0n) is 27.1. The fourth-order valence-electron chi connectivity index (χ4n) is 8.54. The number of aromatic nitrogens is 3. The van der Waals surface area contributed by atoms with Crippen LogP contribution in [-0.4, -0.2) is 15.0 Å². The fraction of sp³-hybridized carbons (Fsp3) is 0.133. The molecular formula is C45H33N3O. The molecule has 2 aliphatic carbocycles. The summed E-state index contributed by atoms with van der Waals surface area (Å²) in [4.78, 5) is 15.1. The van der Waals surface area contributed by atoms with Crippen LogP contribution in [0.1, 0.15) is 43.2 Å². The van der Waals surface area contributed by atoms with Crippen molar-refractivity contribution in [1.82, 2.24) is 15.0 Å². The number of hydrogen-bond acceptors (Lipinski definition) is 4. The summed E-state index contributed by atoms with van der Waals surface area (Å²) < 4.78 is 6.40. The standard InChI is InChI=1S/C45H33N3O/c1-3-13-30(14-4-1)42-46-43(48-44(47-42)37-20-12-19-36-34-16-6-8-22-39(34)49-41(36)37)31-25-23-29(24-26-31)32-17-11-18-35-33-15-5-7-21-38(33)45(40(32)35)27-9-2-10-28-45/h1,3-8,11-26H,2,9-10,27-28H2. The summed E-state index contributed by atoms with van der Waals surface area (Å²) >= 11 is 0. The molecule has 0 aliphatic heterocycles. The molecule has 8 aromatic rings. The van der Waals surface area contributed by atoms with Gasteiger partial charge in [0, 0.05) is 27.3 Å². The summed E-state index contributed by atoms with van der Waals surface area (Å²) in [6.07, 6.45) is 6.28. The topological polar surface area (TPSA) is 51.8 Å². The van der Waals surface area contributed by atoms with Crippen molar-refractivity contribution in [3.63, 3.8) is 0 Å². The summed E-state index contributed by atoms with van der Waals surface area (Å²) in [7, 11) is 0. The Kier molecular flexibility index (Phi) is 6.38. The zero-order chi connectivity index (χ0) is 32.4. The van der Waals surface area contributed by atoms with Crippen molar-refractivity contribution in [2.75, 3.05) is 0 Å². The maximum Gasteiger partial charge on any atom is 0.167 e. The summed E-state index contributed by atoms with van der Waals surface area (Å²) in [5, 5.41) is 2.13. The first kappa shape index (κ1) is 28.2. The van der Waals surface area contributed by atoms with Gasteiger partial charge in [0.1, 0.15) is 11.2 Å². The van der Waals surface area contributed by atoms with E-state index < -0.39 is 0 Å². The molecule has 0 N–H and O–H groups in total. The van der Waals surface area contributed by atoms with Gasteiger partial charge in [-0.2, -0.15) is 0 Å². The molecule has 4 heteroatoms. The lowest BCUT2D eigenvalue weighted by Gasteiger charge is -2.37. The Labute approximate surface area is 285 Å². The van der Waals surface area contributed by atoms with Crippen molar-refractivity contribution in [2.24, 2.45) is 0 Å². The minimum absolute atomic E-state index is 0.0881. The molecule has 0 unspecified atom stereocenters. The third-order valence-electron chi connectivity index (χ3n) is 10.7. The van der Waals surface area contributed by atoms with Crippen LogP contribution in [0.25, 0.3) is 78.4 Å². The minimum Gasteiger partial charge on any atom is -0.455 e. The molecule has 2 heterocycles. The Morgan fingerprint density at radius 1 is 0.429 bits per heavy atom. The highest BCUT2D eigenvalue weighted by molar-refractivity contribution is 6.09. The molecule has 0 bridgehead atoms. The second-order valence-corrected chi connectivity index (χ2v) is 13.4. The predicted molar refractivity (Wildman–Crippen MR) is 198 cm³/mol. The predicted octanol–water partition coefficient (Wildman–Crippen LogP) is 11.7. The molecule has 1 saturated carbocycles. The molecule has 234 valence electrons. The van der Waals surface area contributed by atoms with Gasteiger partial charge < -0.3 is 4.42 Å². The highest BCUT2D eigenvalue weighted by atomic mass is 16.3. The van der Waals surface area contributed by atoms with E-state index in [4.69, 9.17) is 19.4 Å². The van der Waals surface area contributed by atoms with Gasteiger partial charge in [-0.1, -0.05) is 147 Å². The average Bonchev–Trinajstić information content (AvgIpc) is 3.69. The van der Waals surface area contributed by atoms with Crippen LogP contribution in [0.5, 0.6) is 0 Å². The molecule has 0 saturated heterocycles. The van der Waals surface area contributed by atoms with Crippen molar-refractivity contribution >= 4 is 21.9 Å². The number of fused-ring (bicyclic) bond motifs is 8. The smallest absolute Gasteiger partial charge is 0.167 e. The normalized spacial score (nSPS) is 14.7. The van der Waals surface area contributed by atoms with E-state index in [2.05, 4.69) is 84.9 Å². The SMILES string of the molecule is c1ccc(-c2nc(-c3ccc(-c4cccc5c4C4(CCCCC4)c4ccccc4-5)cc3)nc(-c3cccc4c3oc3ccccc34)n2)cc1. The monoisotopic (exact) mass is 631 g/mol. The Hall–Kier alpha value is -5.87. The number of para-hydroxylation sites is 2. The van der Waals surface area contributed by atoms with E-state index in [9.17, 15) is 0 Å². The van der Waals surface area contributed by atoms with E-state index in [-0.39, 0.29) is 5.41 Å². The highest BCUT2D eigenvalue weighted by Gasteiger charge is 2.45. The first-order valence-corrected chi connectivity index (χ1v) is 17.3. The molecule has 0 radical (unpaired) electrons. The van der Waals surface area contributed by atoms with Crippen LogP contribution in [0.15, 0.2) is 144 Å². The second kappa shape index (κ2) is 11.1. The summed E-state index contributed by atoms with van der Waals surface area (Å²) in [5.74, 6) is 1.86. The van der Waals surface area contributed by atoms with E-state index in [0.29, 0.717) is 17.5 Å². The number of rotatable bonds is 4. The van der Waals surface area contributed by atoms with E-state index in [1.807, 2.05) is 54.6 Å². The largest absolute Gasteiger partial charge is 0.455 e.